The van der Waals surface area contributed by atoms with Gasteiger partial charge in [-0.05, 0) is 38.7 Å². The molecule has 1 amide bonds. The van der Waals surface area contributed by atoms with Gasteiger partial charge in [-0.1, -0.05) is 5.16 Å². The van der Waals surface area contributed by atoms with Crippen molar-refractivity contribution in [1.82, 2.24) is 34.6 Å². The summed E-state index contributed by atoms with van der Waals surface area (Å²) in [5, 5.41) is 8.11. The van der Waals surface area contributed by atoms with E-state index in [-0.39, 0.29) is 11.8 Å². The van der Waals surface area contributed by atoms with Crippen molar-refractivity contribution in [2.24, 2.45) is 0 Å². The molecule has 3 aromatic heterocycles. The summed E-state index contributed by atoms with van der Waals surface area (Å²) >= 11 is 0. The quantitative estimate of drug-likeness (QED) is 0.698. The number of likely N-dealkylation sites (tertiary alicyclic amines) is 1. The van der Waals surface area contributed by atoms with Gasteiger partial charge in [0, 0.05) is 36.8 Å². The Morgan fingerprint density at radius 3 is 2.81 bits per heavy atom. The maximum absolute atomic E-state index is 12.6. The van der Waals surface area contributed by atoms with Gasteiger partial charge in [0.25, 0.3) is 5.78 Å². The third-order valence-electron chi connectivity index (χ3n) is 5.17. The van der Waals surface area contributed by atoms with Crippen LogP contribution in [0.1, 0.15) is 48.0 Å². The fourth-order valence-corrected chi connectivity index (χ4v) is 3.65. The molecule has 1 fully saturated rings. The number of carbonyl (C=O) groups excluding carboxylic acids is 1. The maximum atomic E-state index is 12.6. The molecular formula is C17H21N7O2. The second-order valence-electron chi connectivity index (χ2n) is 6.68. The van der Waals surface area contributed by atoms with Gasteiger partial charge >= 0.3 is 0 Å². The molecule has 0 aromatic carbocycles. The van der Waals surface area contributed by atoms with Gasteiger partial charge in [-0.2, -0.15) is 15.1 Å². The van der Waals surface area contributed by atoms with Crippen LogP contribution in [0.2, 0.25) is 0 Å². The molecule has 0 bridgehead atoms. The zero-order valence-electron chi connectivity index (χ0n) is 14.9. The van der Waals surface area contributed by atoms with Gasteiger partial charge in [0.2, 0.25) is 12.3 Å². The number of aromatic nitrogens is 6. The lowest BCUT2D eigenvalue weighted by atomic mass is 9.95. The first-order valence-electron chi connectivity index (χ1n) is 8.83. The van der Waals surface area contributed by atoms with Crippen LogP contribution in [-0.2, 0) is 11.2 Å². The number of fused-ring (bicyclic) bond motifs is 1. The first kappa shape index (κ1) is 16.6. The normalized spacial score (nSPS) is 15.7. The summed E-state index contributed by atoms with van der Waals surface area (Å²) in [7, 11) is 0. The Morgan fingerprint density at radius 2 is 2.08 bits per heavy atom. The smallest absolute Gasteiger partial charge is 0.252 e. The molecule has 4 heterocycles. The van der Waals surface area contributed by atoms with Crippen molar-refractivity contribution in [3.63, 3.8) is 0 Å². The van der Waals surface area contributed by atoms with Gasteiger partial charge in [-0.25, -0.2) is 9.50 Å². The highest BCUT2D eigenvalue weighted by molar-refractivity contribution is 5.76. The van der Waals surface area contributed by atoms with Crippen LogP contribution in [0.4, 0.5) is 0 Å². The number of aryl methyl sites for hydroxylation is 2. The minimum Gasteiger partial charge on any atom is -0.343 e. The number of nitrogens with zero attached hydrogens (tertiary/aromatic N) is 7. The van der Waals surface area contributed by atoms with Gasteiger partial charge in [-0.3, -0.25) is 4.79 Å². The van der Waals surface area contributed by atoms with Crippen molar-refractivity contribution in [3.05, 3.63) is 35.5 Å². The molecule has 9 heteroatoms. The Hall–Kier alpha value is -2.84. The van der Waals surface area contributed by atoms with E-state index in [2.05, 4.69) is 25.2 Å². The van der Waals surface area contributed by atoms with Crippen LogP contribution >= 0.6 is 0 Å². The fourth-order valence-electron chi connectivity index (χ4n) is 3.65. The number of hydrogen-bond acceptors (Lipinski definition) is 7. The van der Waals surface area contributed by atoms with Crippen molar-refractivity contribution < 1.29 is 9.32 Å². The molecule has 0 spiro atoms. The number of rotatable bonds is 4. The second-order valence-corrected chi connectivity index (χ2v) is 6.68. The number of piperidine rings is 1. The van der Waals surface area contributed by atoms with Crippen LogP contribution in [0.3, 0.4) is 0 Å². The van der Waals surface area contributed by atoms with E-state index in [1.54, 1.807) is 4.52 Å². The maximum Gasteiger partial charge on any atom is 0.252 e. The third kappa shape index (κ3) is 3.04. The van der Waals surface area contributed by atoms with E-state index in [1.807, 2.05) is 18.7 Å². The molecule has 1 aliphatic rings. The van der Waals surface area contributed by atoms with Gasteiger partial charge in [0.1, 0.15) is 6.33 Å². The fraction of sp³-hybridized carbons (Fsp3) is 0.529. The van der Waals surface area contributed by atoms with E-state index in [9.17, 15) is 4.79 Å². The summed E-state index contributed by atoms with van der Waals surface area (Å²) in [5.74, 6) is 1.80. The predicted octanol–water partition coefficient (Wildman–Crippen LogP) is 1.46. The standard InChI is InChI=1S/C17H21N7O2/c1-11-14(12(2)24-17(21-11)18-9-20-24)3-4-15(25)23-7-5-13(6-8-23)16-19-10-26-22-16/h9-10,13H,3-8H2,1-2H3. The first-order chi connectivity index (χ1) is 12.6. The molecule has 0 N–H and O–H groups in total. The van der Waals surface area contributed by atoms with Crippen LogP contribution in [0, 0.1) is 13.8 Å². The molecule has 0 aliphatic carbocycles. The summed E-state index contributed by atoms with van der Waals surface area (Å²) in [6, 6.07) is 0. The summed E-state index contributed by atoms with van der Waals surface area (Å²) in [5.41, 5.74) is 2.97. The molecule has 0 saturated carbocycles. The van der Waals surface area contributed by atoms with Crippen molar-refractivity contribution in [1.29, 1.82) is 0 Å². The molecule has 1 saturated heterocycles. The third-order valence-corrected chi connectivity index (χ3v) is 5.17. The van der Waals surface area contributed by atoms with E-state index < -0.39 is 0 Å². The average molecular weight is 355 g/mol. The zero-order valence-corrected chi connectivity index (χ0v) is 14.9. The van der Waals surface area contributed by atoms with Gasteiger partial charge in [0.15, 0.2) is 5.82 Å². The van der Waals surface area contributed by atoms with E-state index in [1.165, 1.54) is 12.7 Å². The molecule has 1 aliphatic heterocycles. The molecule has 9 nitrogen and oxygen atoms in total. The largest absolute Gasteiger partial charge is 0.343 e. The van der Waals surface area contributed by atoms with E-state index in [4.69, 9.17) is 4.52 Å². The number of hydrogen-bond donors (Lipinski definition) is 0. The van der Waals surface area contributed by atoms with Crippen molar-refractivity contribution in [3.8, 4) is 0 Å². The van der Waals surface area contributed by atoms with Crippen LogP contribution in [0.5, 0.6) is 0 Å². The molecule has 3 aromatic rings. The van der Waals surface area contributed by atoms with Crippen molar-refractivity contribution in [2.45, 2.75) is 45.4 Å². The number of amides is 1. The molecule has 0 radical (unpaired) electrons. The highest BCUT2D eigenvalue weighted by atomic mass is 16.5. The zero-order chi connectivity index (χ0) is 18.1. The minimum atomic E-state index is 0.175. The Bertz CT molecular complexity index is 911. The Kier molecular flexibility index (Phi) is 4.36. The second kappa shape index (κ2) is 6.81. The molecular weight excluding hydrogens is 334 g/mol. The van der Waals surface area contributed by atoms with E-state index in [0.717, 1.165) is 48.7 Å². The summed E-state index contributed by atoms with van der Waals surface area (Å²) in [4.78, 5) is 27.3. The molecule has 0 unspecified atom stereocenters. The molecule has 0 atom stereocenters. The lowest BCUT2D eigenvalue weighted by molar-refractivity contribution is -0.132. The minimum absolute atomic E-state index is 0.175. The molecule has 136 valence electrons. The van der Waals surface area contributed by atoms with E-state index in [0.29, 0.717) is 18.6 Å². The lowest BCUT2D eigenvalue weighted by Crippen LogP contribution is -2.38. The SMILES string of the molecule is Cc1nc2ncnn2c(C)c1CCC(=O)N1CCC(c2ncon2)CC1. The van der Waals surface area contributed by atoms with Crippen LogP contribution in [-0.4, -0.2) is 53.6 Å². The van der Waals surface area contributed by atoms with Gasteiger partial charge in [-0.15, -0.1) is 0 Å². The highest BCUT2D eigenvalue weighted by Gasteiger charge is 2.26. The van der Waals surface area contributed by atoms with Gasteiger partial charge < -0.3 is 9.42 Å². The molecule has 26 heavy (non-hydrogen) atoms. The van der Waals surface area contributed by atoms with Crippen LogP contribution in [0.15, 0.2) is 17.2 Å². The Balaban J connectivity index is 1.37. The van der Waals surface area contributed by atoms with Gasteiger partial charge in [0.05, 0.1) is 0 Å². The topological polar surface area (TPSA) is 102 Å². The van der Waals surface area contributed by atoms with E-state index >= 15 is 0 Å². The lowest BCUT2D eigenvalue weighted by Gasteiger charge is -2.30. The Morgan fingerprint density at radius 1 is 1.27 bits per heavy atom. The van der Waals surface area contributed by atoms with Crippen molar-refractivity contribution >= 4 is 11.7 Å². The number of carbonyl (C=O) groups is 1. The first-order valence-corrected chi connectivity index (χ1v) is 8.83. The van der Waals surface area contributed by atoms with Crippen LogP contribution < -0.4 is 0 Å². The summed E-state index contributed by atoms with van der Waals surface area (Å²) < 4.78 is 6.54. The molecule has 4 rings (SSSR count). The highest BCUT2D eigenvalue weighted by Crippen LogP contribution is 2.26. The van der Waals surface area contributed by atoms with Crippen molar-refractivity contribution in [2.75, 3.05) is 13.1 Å². The van der Waals surface area contributed by atoms with Crippen LogP contribution in [0.25, 0.3) is 5.78 Å². The summed E-state index contributed by atoms with van der Waals surface area (Å²) in [6.45, 7) is 5.41. The predicted molar refractivity (Wildman–Crippen MR) is 91.4 cm³/mol. The monoisotopic (exact) mass is 355 g/mol. The average Bonchev–Trinajstić information content (AvgIpc) is 3.33. The summed E-state index contributed by atoms with van der Waals surface area (Å²) in [6.07, 6.45) is 5.72. The Labute approximate surface area is 150 Å².